The Labute approximate surface area is 362 Å². The molecule has 0 unspecified atom stereocenters. The van der Waals surface area contributed by atoms with Gasteiger partial charge in [0, 0.05) is 27.7 Å². The van der Waals surface area contributed by atoms with E-state index >= 15 is 0 Å². The molecule has 0 atom stereocenters. The van der Waals surface area contributed by atoms with Gasteiger partial charge in [0.1, 0.15) is 11.2 Å². The van der Waals surface area contributed by atoms with Crippen LogP contribution in [0.2, 0.25) is 0 Å². The average Bonchev–Trinajstić information content (AvgIpc) is 3.73. The number of benzene rings is 10. The van der Waals surface area contributed by atoms with Crippen LogP contribution in [0.5, 0.6) is 0 Å². The summed E-state index contributed by atoms with van der Waals surface area (Å²) in [5.74, 6) is 0. The molecule has 0 radical (unpaired) electrons. The highest BCUT2D eigenvalue weighted by Crippen LogP contribution is 2.44. The molecule has 0 amide bonds. The van der Waals surface area contributed by atoms with Gasteiger partial charge in [-0.1, -0.05) is 200 Å². The van der Waals surface area contributed by atoms with Gasteiger partial charge in [0.25, 0.3) is 0 Å². The van der Waals surface area contributed by atoms with Crippen molar-refractivity contribution in [3.8, 4) is 66.8 Å². The average molecular weight is 792 g/mol. The lowest BCUT2D eigenvalue weighted by Gasteiger charge is -2.28. The van der Waals surface area contributed by atoms with Crippen molar-refractivity contribution in [2.75, 3.05) is 4.90 Å². The zero-order valence-electron chi connectivity index (χ0n) is 34.0. The number of hydrogen-bond donors (Lipinski definition) is 0. The van der Waals surface area contributed by atoms with Crippen molar-refractivity contribution >= 4 is 39.0 Å². The van der Waals surface area contributed by atoms with E-state index in [1.165, 1.54) is 44.5 Å². The minimum absolute atomic E-state index is 0.897. The third-order valence-electron chi connectivity index (χ3n) is 12.0. The maximum absolute atomic E-state index is 6.26. The highest BCUT2D eigenvalue weighted by atomic mass is 16.3. The minimum Gasteiger partial charge on any atom is -0.456 e. The van der Waals surface area contributed by atoms with Gasteiger partial charge in [0.05, 0.1) is 5.69 Å². The van der Waals surface area contributed by atoms with E-state index in [0.717, 1.165) is 61.3 Å². The van der Waals surface area contributed by atoms with Gasteiger partial charge in [-0.3, -0.25) is 0 Å². The van der Waals surface area contributed by atoms with Crippen molar-refractivity contribution < 1.29 is 4.42 Å². The van der Waals surface area contributed by atoms with Gasteiger partial charge in [-0.2, -0.15) is 0 Å². The van der Waals surface area contributed by atoms with Gasteiger partial charge in [0.2, 0.25) is 0 Å². The van der Waals surface area contributed by atoms with Crippen LogP contribution in [-0.2, 0) is 0 Å². The van der Waals surface area contributed by atoms with Crippen LogP contribution in [0.1, 0.15) is 0 Å². The summed E-state index contributed by atoms with van der Waals surface area (Å²) in [5, 5.41) is 2.27. The van der Waals surface area contributed by atoms with Crippen molar-refractivity contribution in [2.24, 2.45) is 0 Å². The van der Waals surface area contributed by atoms with E-state index in [1.807, 2.05) is 12.1 Å². The van der Waals surface area contributed by atoms with E-state index < -0.39 is 0 Å². The van der Waals surface area contributed by atoms with Crippen LogP contribution < -0.4 is 4.90 Å². The molecule has 1 heterocycles. The first-order valence-corrected chi connectivity index (χ1v) is 21.2. The predicted octanol–water partition coefficient (Wildman–Crippen LogP) is 17.1. The summed E-state index contributed by atoms with van der Waals surface area (Å²) in [4.78, 5) is 2.38. The molecule has 0 aliphatic heterocycles. The third kappa shape index (κ3) is 6.84. The molecule has 0 bridgehead atoms. The van der Waals surface area contributed by atoms with Gasteiger partial charge >= 0.3 is 0 Å². The molecule has 0 aliphatic carbocycles. The summed E-state index contributed by atoms with van der Waals surface area (Å²) < 4.78 is 6.26. The molecule has 2 nitrogen and oxygen atoms in total. The van der Waals surface area contributed by atoms with Gasteiger partial charge in [-0.05, 0) is 110 Å². The molecule has 0 fully saturated rings. The van der Waals surface area contributed by atoms with E-state index in [1.54, 1.807) is 0 Å². The maximum Gasteiger partial charge on any atom is 0.136 e. The minimum atomic E-state index is 0.897. The topological polar surface area (TPSA) is 16.4 Å². The van der Waals surface area contributed by atoms with Crippen molar-refractivity contribution in [3.05, 3.63) is 249 Å². The molecule has 11 rings (SSSR count). The van der Waals surface area contributed by atoms with Gasteiger partial charge in [0.15, 0.2) is 0 Å². The Kier molecular flexibility index (Phi) is 9.57. The zero-order valence-corrected chi connectivity index (χ0v) is 34.0. The number of para-hydroxylation sites is 2. The molecule has 292 valence electrons. The van der Waals surface area contributed by atoms with E-state index in [-0.39, 0.29) is 0 Å². The fraction of sp³-hybridized carbons (Fsp3) is 0. The van der Waals surface area contributed by atoms with Crippen LogP contribution in [0.25, 0.3) is 88.7 Å². The summed E-state index contributed by atoms with van der Waals surface area (Å²) in [6.07, 6.45) is 0. The van der Waals surface area contributed by atoms with Crippen LogP contribution >= 0.6 is 0 Å². The first-order chi connectivity index (χ1) is 30.8. The molecule has 0 aliphatic rings. The number of fused-ring (bicyclic) bond motifs is 3. The highest BCUT2D eigenvalue weighted by Gasteiger charge is 2.19. The Balaban J connectivity index is 0.990. The second-order valence-electron chi connectivity index (χ2n) is 15.6. The fourth-order valence-electron chi connectivity index (χ4n) is 8.97. The quantitative estimate of drug-likeness (QED) is 0.145. The molecule has 1 aromatic heterocycles. The number of anilines is 3. The lowest BCUT2D eigenvalue weighted by atomic mass is 9.87. The molecule has 2 heteroatoms. The van der Waals surface area contributed by atoms with E-state index in [0.29, 0.717) is 0 Å². The maximum atomic E-state index is 6.26. The lowest BCUT2D eigenvalue weighted by Crippen LogP contribution is -2.11. The Morgan fingerprint density at radius 3 is 1.21 bits per heavy atom. The van der Waals surface area contributed by atoms with Gasteiger partial charge in [-0.25, -0.2) is 0 Å². The molecule has 0 N–H and O–H groups in total. The number of hydrogen-bond acceptors (Lipinski definition) is 2. The second-order valence-corrected chi connectivity index (χ2v) is 15.6. The molecule has 0 spiro atoms. The Morgan fingerprint density at radius 1 is 0.242 bits per heavy atom. The Morgan fingerprint density at radius 2 is 0.629 bits per heavy atom. The SMILES string of the molecule is c1ccc(-c2ccccc2-c2ccccc2-c2ccccc2-c2ccc(N(c3ccc(-c4ccc5c(c4)oc4ccccc45)cc3)c3ccccc3-c3ccccc3)cc2)cc1. The predicted molar refractivity (Wildman–Crippen MR) is 261 cm³/mol. The number of furan rings is 1. The van der Waals surface area contributed by atoms with Crippen molar-refractivity contribution in [1.29, 1.82) is 0 Å². The largest absolute Gasteiger partial charge is 0.456 e. The van der Waals surface area contributed by atoms with Gasteiger partial charge < -0.3 is 9.32 Å². The summed E-state index contributed by atoms with van der Waals surface area (Å²) in [7, 11) is 0. The Bertz CT molecular complexity index is 3330. The normalized spacial score (nSPS) is 11.2. The molecule has 62 heavy (non-hydrogen) atoms. The van der Waals surface area contributed by atoms with Crippen molar-refractivity contribution in [2.45, 2.75) is 0 Å². The van der Waals surface area contributed by atoms with E-state index in [2.05, 4.69) is 241 Å². The highest BCUT2D eigenvalue weighted by molar-refractivity contribution is 6.06. The zero-order chi connectivity index (χ0) is 41.2. The summed E-state index contributed by atoms with van der Waals surface area (Å²) in [6.45, 7) is 0. The standard InChI is InChI=1S/C60H41NO/c1-3-17-43(18-4-1)49-21-7-9-24-52(49)54-26-11-12-27-55(54)53-25-10-8-22-50(53)45-33-38-48(39-34-45)61(58-29-15-13-23-51(58)44-19-5-2-6-20-44)47-36-31-42(32-37-47)46-35-40-57-56-28-14-16-30-59(56)62-60(57)41-46/h1-41H. The third-order valence-corrected chi connectivity index (χ3v) is 12.0. The van der Waals surface area contributed by atoms with Crippen LogP contribution in [0.4, 0.5) is 17.1 Å². The first-order valence-electron chi connectivity index (χ1n) is 21.2. The molecular weight excluding hydrogens is 751 g/mol. The van der Waals surface area contributed by atoms with Crippen LogP contribution in [0.3, 0.4) is 0 Å². The van der Waals surface area contributed by atoms with Crippen LogP contribution in [0.15, 0.2) is 253 Å². The second kappa shape index (κ2) is 16.1. The van der Waals surface area contributed by atoms with E-state index in [4.69, 9.17) is 4.42 Å². The van der Waals surface area contributed by atoms with Crippen molar-refractivity contribution in [1.82, 2.24) is 0 Å². The summed E-state index contributed by atoms with van der Waals surface area (Å²) in [6, 6.07) is 89.0. The smallest absolute Gasteiger partial charge is 0.136 e. The molecule has 0 saturated heterocycles. The van der Waals surface area contributed by atoms with Gasteiger partial charge in [-0.15, -0.1) is 0 Å². The monoisotopic (exact) mass is 791 g/mol. The molecule has 11 aromatic rings. The van der Waals surface area contributed by atoms with Crippen molar-refractivity contribution in [3.63, 3.8) is 0 Å². The lowest BCUT2D eigenvalue weighted by molar-refractivity contribution is 0.669. The molecule has 0 saturated carbocycles. The number of rotatable bonds is 9. The Hall–Kier alpha value is -8.20. The molecule has 10 aromatic carbocycles. The first kappa shape index (κ1) is 36.8. The number of nitrogens with zero attached hydrogens (tertiary/aromatic N) is 1. The summed E-state index contributed by atoms with van der Waals surface area (Å²) in [5.41, 5.74) is 19.2. The van der Waals surface area contributed by atoms with Crippen LogP contribution in [-0.4, -0.2) is 0 Å². The fourth-order valence-corrected chi connectivity index (χ4v) is 8.97. The van der Waals surface area contributed by atoms with Crippen LogP contribution in [0, 0.1) is 0 Å². The molecular formula is C60H41NO. The summed E-state index contributed by atoms with van der Waals surface area (Å²) >= 11 is 0. The van der Waals surface area contributed by atoms with E-state index in [9.17, 15) is 0 Å².